The van der Waals surface area contributed by atoms with Crippen LogP contribution in [0.5, 0.6) is 0 Å². The normalized spacial score (nSPS) is 23.2. The predicted octanol–water partition coefficient (Wildman–Crippen LogP) is 0.999. The summed E-state index contributed by atoms with van der Waals surface area (Å²) >= 11 is 0. The van der Waals surface area contributed by atoms with Crippen molar-refractivity contribution in [2.75, 3.05) is 32.7 Å². The first-order chi connectivity index (χ1) is 16.3. The molecule has 178 valence electrons. The van der Waals surface area contributed by atoms with E-state index in [2.05, 4.69) is 5.32 Å². The summed E-state index contributed by atoms with van der Waals surface area (Å²) < 4.78 is 27.0. The van der Waals surface area contributed by atoms with E-state index in [1.165, 1.54) is 14.8 Å². The molecule has 0 aromatic heterocycles. The van der Waals surface area contributed by atoms with Crippen LogP contribution < -0.4 is 5.32 Å². The lowest BCUT2D eigenvalue weighted by atomic mass is 9.78. The average Bonchev–Trinajstić information content (AvgIpc) is 3.08. The van der Waals surface area contributed by atoms with Crippen molar-refractivity contribution in [3.05, 3.63) is 65.7 Å². The minimum Gasteiger partial charge on any atom is -0.338 e. The van der Waals surface area contributed by atoms with Gasteiger partial charge in [-0.25, -0.2) is 13.2 Å². The van der Waals surface area contributed by atoms with Gasteiger partial charge in [0.05, 0.1) is 4.90 Å². The van der Waals surface area contributed by atoms with Crippen LogP contribution in [-0.2, 0) is 32.5 Å². The van der Waals surface area contributed by atoms with Crippen molar-refractivity contribution in [1.29, 1.82) is 0 Å². The number of aryl methyl sites for hydroxylation is 1. The van der Waals surface area contributed by atoms with Gasteiger partial charge in [-0.05, 0) is 36.1 Å². The molecule has 3 aliphatic rings. The van der Waals surface area contributed by atoms with Gasteiger partial charge in [0, 0.05) is 32.6 Å². The molecule has 4 amide bonds. The number of piperazine rings is 1. The fourth-order valence-electron chi connectivity index (χ4n) is 5.00. The van der Waals surface area contributed by atoms with Crippen LogP contribution in [0.1, 0.15) is 17.5 Å². The Kier molecular flexibility index (Phi) is 5.65. The van der Waals surface area contributed by atoms with Gasteiger partial charge < -0.3 is 10.2 Å². The first-order valence-corrected chi connectivity index (χ1v) is 12.8. The Hall–Kier alpha value is -3.24. The number of hydrogen-bond acceptors (Lipinski definition) is 5. The van der Waals surface area contributed by atoms with Gasteiger partial charge in [0.15, 0.2) is 0 Å². The summed E-state index contributed by atoms with van der Waals surface area (Å²) in [7, 11) is -3.63. The van der Waals surface area contributed by atoms with Crippen LogP contribution in [-0.4, -0.2) is 78.6 Å². The highest BCUT2D eigenvalue weighted by Crippen LogP contribution is 2.33. The van der Waals surface area contributed by atoms with Gasteiger partial charge in [-0.2, -0.15) is 4.31 Å². The number of carbonyl (C=O) groups is 3. The highest BCUT2D eigenvalue weighted by atomic mass is 32.2. The molecule has 9 nitrogen and oxygen atoms in total. The van der Waals surface area contributed by atoms with Gasteiger partial charge in [-0.1, -0.05) is 42.5 Å². The molecule has 1 aliphatic carbocycles. The van der Waals surface area contributed by atoms with Crippen LogP contribution in [0.25, 0.3) is 0 Å². The second kappa shape index (κ2) is 8.52. The maximum absolute atomic E-state index is 13.2. The topological polar surface area (TPSA) is 107 Å². The molecule has 0 saturated carbocycles. The van der Waals surface area contributed by atoms with Crippen molar-refractivity contribution >= 4 is 27.9 Å². The monoisotopic (exact) mass is 482 g/mol. The molecule has 2 aromatic carbocycles. The number of rotatable bonds is 4. The summed E-state index contributed by atoms with van der Waals surface area (Å²) in [5.74, 6) is -0.737. The largest absolute Gasteiger partial charge is 0.338 e. The molecule has 2 heterocycles. The van der Waals surface area contributed by atoms with Gasteiger partial charge in [-0.15, -0.1) is 0 Å². The number of carbonyl (C=O) groups excluding carboxylic acids is 3. The molecule has 1 spiro atoms. The molecular weight excluding hydrogens is 456 g/mol. The first kappa shape index (κ1) is 22.5. The number of imide groups is 1. The fraction of sp³-hybridized carbons (Fsp3) is 0.375. The van der Waals surface area contributed by atoms with E-state index in [0.717, 1.165) is 10.5 Å². The SMILES string of the molecule is O=C(CN1C(=O)N[C@]2(CCc3ccccc3C2)C1=O)N1CCN(S(=O)(=O)c2ccccc2)CC1. The quantitative estimate of drug-likeness (QED) is 0.655. The Labute approximate surface area is 198 Å². The molecular formula is C24H26N4O5S. The van der Waals surface area contributed by atoms with Crippen molar-refractivity contribution < 1.29 is 22.8 Å². The minimum atomic E-state index is -3.63. The Balaban J connectivity index is 1.22. The lowest BCUT2D eigenvalue weighted by Crippen LogP contribution is -2.54. The Morgan fingerprint density at radius 2 is 1.56 bits per heavy atom. The summed E-state index contributed by atoms with van der Waals surface area (Å²) in [5, 5.41) is 2.84. The molecule has 0 bridgehead atoms. The molecule has 2 saturated heterocycles. The van der Waals surface area contributed by atoms with E-state index in [4.69, 9.17) is 0 Å². The molecule has 0 radical (unpaired) electrons. The summed E-state index contributed by atoms with van der Waals surface area (Å²) in [6.07, 6.45) is 1.59. The van der Waals surface area contributed by atoms with E-state index < -0.39 is 21.6 Å². The number of amides is 4. The third kappa shape index (κ3) is 3.86. The standard InChI is InChI=1S/C24H26N4O5S/c29-21(26-12-14-27(15-13-26)34(32,33)20-8-2-1-3-9-20)17-28-22(30)24(25-23(28)31)11-10-18-6-4-5-7-19(18)16-24/h1-9H,10-17H2,(H,25,31)/t24-/m0/s1. The number of urea groups is 1. The Bertz CT molecular complexity index is 1240. The van der Waals surface area contributed by atoms with Crippen molar-refractivity contribution in [1.82, 2.24) is 19.4 Å². The summed E-state index contributed by atoms with van der Waals surface area (Å²) in [4.78, 5) is 41.6. The lowest BCUT2D eigenvalue weighted by molar-refractivity contribution is -0.139. The van der Waals surface area contributed by atoms with E-state index >= 15 is 0 Å². The van der Waals surface area contributed by atoms with E-state index in [1.807, 2.05) is 24.3 Å². The maximum atomic E-state index is 13.2. The molecule has 0 unspecified atom stereocenters. The third-order valence-corrected chi connectivity index (χ3v) is 8.86. The van der Waals surface area contributed by atoms with Crippen LogP contribution in [0, 0.1) is 0 Å². The summed E-state index contributed by atoms with van der Waals surface area (Å²) in [5.41, 5.74) is 1.20. The van der Waals surface area contributed by atoms with Gasteiger partial charge in [0.25, 0.3) is 5.91 Å². The van der Waals surface area contributed by atoms with E-state index in [1.54, 1.807) is 30.3 Å². The lowest BCUT2D eigenvalue weighted by Gasteiger charge is -2.35. The molecule has 1 atom stereocenters. The second-order valence-corrected chi connectivity index (χ2v) is 10.9. The molecule has 2 fully saturated rings. The van der Waals surface area contributed by atoms with Gasteiger partial charge in [-0.3, -0.25) is 14.5 Å². The number of nitrogens with one attached hydrogen (secondary N) is 1. The van der Waals surface area contributed by atoms with Gasteiger partial charge >= 0.3 is 6.03 Å². The van der Waals surface area contributed by atoms with Gasteiger partial charge in [0.2, 0.25) is 15.9 Å². The van der Waals surface area contributed by atoms with Crippen LogP contribution in [0.2, 0.25) is 0 Å². The summed E-state index contributed by atoms with van der Waals surface area (Å²) in [6, 6.07) is 15.5. The van der Waals surface area contributed by atoms with Crippen molar-refractivity contribution in [2.45, 2.75) is 29.7 Å². The molecule has 10 heteroatoms. The smallest absolute Gasteiger partial charge is 0.325 e. The van der Waals surface area contributed by atoms with Crippen molar-refractivity contribution in [2.24, 2.45) is 0 Å². The zero-order valence-electron chi connectivity index (χ0n) is 18.6. The predicted molar refractivity (Wildman–Crippen MR) is 123 cm³/mol. The number of hydrogen-bond donors (Lipinski definition) is 1. The zero-order chi connectivity index (χ0) is 23.9. The Morgan fingerprint density at radius 3 is 2.26 bits per heavy atom. The highest BCUT2D eigenvalue weighted by Gasteiger charge is 2.52. The molecule has 2 aromatic rings. The van der Waals surface area contributed by atoms with Crippen molar-refractivity contribution in [3.63, 3.8) is 0 Å². The van der Waals surface area contributed by atoms with E-state index in [9.17, 15) is 22.8 Å². The average molecular weight is 483 g/mol. The maximum Gasteiger partial charge on any atom is 0.325 e. The summed E-state index contributed by atoms with van der Waals surface area (Å²) in [6.45, 7) is 0.368. The van der Waals surface area contributed by atoms with Crippen LogP contribution >= 0.6 is 0 Å². The number of benzene rings is 2. The van der Waals surface area contributed by atoms with Crippen LogP contribution in [0.3, 0.4) is 0 Å². The van der Waals surface area contributed by atoms with Crippen LogP contribution in [0.15, 0.2) is 59.5 Å². The van der Waals surface area contributed by atoms with Gasteiger partial charge in [0.1, 0.15) is 12.1 Å². The number of nitrogens with zero attached hydrogens (tertiary/aromatic N) is 3. The Morgan fingerprint density at radius 1 is 0.912 bits per heavy atom. The van der Waals surface area contributed by atoms with E-state index in [0.29, 0.717) is 19.3 Å². The third-order valence-electron chi connectivity index (χ3n) is 6.94. The number of fused-ring (bicyclic) bond motifs is 1. The molecule has 2 aliphatic heterocycles. The highest BCUT2D eigenvalue weighted by molar-refractivity contribution is 7.89. The number of sulfonamides is 1. The fourth-order valence-corrected chi connectivity index (χ4v) is 6.44. The van der Waals surface area contributed by atoms with E-state index in [-0.39, 0.29) is 49.4 Å². The first-order valence-electron chi connectivity index (χ1n) is 11.3. The zero-order valence-corrected chi connectivity index (χ0v) is 19.5. The van der Waals surface area contributed by atoms with Crippen LogP contribution in [0.4, 0.5) is 4.79 Å². The minimum absolute atomic E-state index is 0.157. The second-order valence-electron chi connectivity index (χ2n) is 8.95. The molecule has 1 N–H and O–H groups in total. The molecule has 34 heavy (non-hydrogen) atoms. The molecule has 5 rings (SSSR count). The van der Waals surface area contributed by atoms with Crippen molar-refractivity contribution in [3.8, 4) is 0 Å².